The van der Waals surface area contributed by atoms with Crippen molar-refractivity contribution in [3.8, 4) is 0 Å². The Labute approximate surface area is 114 Å². The number of hydrogen-bond acceptors (Lipinski definition) is 3. The zero-order chi connectivity index (χ0) is 13.2. The molecule has 0 bridgehead atoms. The highest BCUT2D eigenvalue weighted by atomic mass is 28.4. The summed E-state index contributed by atoms with van der Waals surface area (Å²) in [7, 11) is -2.28. The maximum absolute atomic E-state index is 5.39. The quantitative estimate of drug-likeness (QED) is 0.724. The third-order valence-electron chi connectivity index (χ3n) is 5.55. The fourth-order valence-corrected chi connectivity index (χ4v) is 21.0. The van der Waals surface area contributed by atoms with Crippen molar-refractivity contribution in [3.05, 3.63) is 0 Å². The van der Waals surface area contributed by atoms with Crippen LogP contribution in [0, 0.1) is 0 Å². The lowest BCUT2D eigenvalue weighted by atomic mass is 10.6. The van der Waals surface area contributed by atoms with E-state index in [0.717, 1.165) is 6.61 Å². The van der Waals surface area contributed by atoms with Crippen molar-refractivity contribution in [2.24, 2.45) is 4.99 Å². The number of ether oxygens (including phenoxy) is 1. The molecule has 5 heteroatoms. The maximum atomic E-state index is 5.39. The first-order chi connectivity index (χ1) is 8.65. The van der Waals surface area contributed by atoms with E-state index in [1.54, 1.807) is 12.1 Å². The van der Waals surface area contributed by atoms with Gasteiger partial charge in [0.05, 0.1) is 8.07 Å². The predicted molar refractivity (Wildman–Crippen MR) is 83.2 cm³/mol. The first-order valence-electron chi connectivity index (χ1n) is 7.55. The molecule has 0 aliphatic carbocycles. The first kappa shape index (κ1) is 14.3. The SMILES string of the molecule is CC[Si]1(CC)CN(C2COC=N2)[Si](CC)(CC)C1. The molecule has 0 amide bonds. The van der Waals surface area contributed by atoms with Crippen molar-refractivity contribution in [3.63, 3.8) is 0 Å². The highest BCUT2D eigenvalue weighted by Crippen LogP contribution is 2.42. The largest absolute Gasteiger partial charge is 0.480 e. The molecule has 2 rings (SSSR count). The topological polar surface area (TPSA) is 24.8 Å². The Hall–Kier alpha value is -0.136. The van der Waals surface area contributed by atoms with Gasteiger partial charge in [-0.15, -0.1) is 0 Å². The molecule has 0 aromatic carbocycles. The molecule has 2 heterocycles. The Balaban J connectivity index is 2.27. The monoisotopic (exact) mass is 284 g/mol. The van der Waals surface area contributed by atoms with E-state index >= 15 is 0 Å². The van der Waals surface area contributed by atoms with Gasteiger partial charge in [-0.1, -0.05) is 39.8 Å². The lowest BCUT2D eigenvalue weighted by Gasteiger charge is -2.37. The summed E-state index contributed by atoms with van der Waals surface area (Å²) in [4.78, 5) is 4.58. The molecule has 0 saturated carbocycles. The van der Waals surface area contributed by atoms with Crippen LogP contribution in [0.1, 0.15) is 27.7 Å². The van der Waals surface area contributed by atoms with Gasteiger partial charge in [0.2, 0.25) is 0 Å². The third-order valence-corrected chi connectivity index (χ3v) is 19.8. The fourth-order valence-electron chi connectivity index (χ4n) is 3.89. The lowest BCUT2D eigenvalue weighted by molar-refractivity contribution is 0.253. The summed E-state index contributed by atoms with van der Waals surface area (Å²) in [6.07, 6.45) is 3.41. The normalized spacial score (nSPS) is 29.7. The zero-order valence-electron chi connectivity index (χ0n) is 12.4. The minimum Gasteiger partial charge on any atom is -0.480 e. The van der Waals surface area contributed by atoms with E-state index in [4.69, 9.17) is 4.74 Å². The molecular formula is C13H28N2OSi2. The van der Waals surface area contributed by atoms with Gasteiger partial charge in [0.1, 0.15) is 21.0 Å². The fraction of sp³-hybridized carbons (Fsp3) is 0.923. The van der Waals surface area contributed by atoms with Crippen molar-refractivity contribution in [2.45, 2.75) is 63.7 Å². The van der Waals surface area contributed by atoms with E-state index in [0.29, 0.717) is 6.17 Å². The van der Waals surface area contributed by atoms with Gasteiger partial charge in [0.25, 0.3) is 0 Å². The number of nitrogens with zero attached hydrogens (tertiary/aromatic N) is 2. The molecule has 0 aromatic rings. The second kappa shape index (κ2) is 5.47. The number of hydrogen-bond donors (Lipinski definition) is 0. The van der Waals surface area contributed by atoms with E-state index in [-0.39, 0.29) is 0 Å². The van der Waals surface area contributed by atoms with Crippen LogP contribution in [0.4, 0.5) is 0 Å². The average Bonchev–Trinajstić information content (AvgIpc) is 3.05. The van der Waals surface area contributed by atoms with Crippen LogP contribution < -0.4 is 0 Å². The molecule has 2 aliphatic rings. The van der Waals surface area contributed by atoms with Gasteiger partial charge < -0.3 is 9.30 Å². The number of rotatable bonds is 5. The summed E-state index contributed by atoms with van der Waals surface area (Å²) >= 11 is 0. The molecule has 3 nitrogen and oxygen atoms in total. The smallest absolute Gasteiger partial charge is 0.171 e. The van der Waals surface area contributed by atoms with E-state index in [1.807, 2.05) is 0 Å². The Bertz CT molecular complexity index is 314. The molecule has 0 radical (unpaired) electrons. The minimum atomic E-state index is -1.25. The molecule has 0 N–H and O–H groups in total. The van der Waals surface area contributed by atoms with Gasteiger partial charge in [-0.2, -0.15) is 0 Å². The third kappa shape index (κ3) is 2.21. The van der Waals surface area contributed by atoms with E-state index in [9.17, 15) is 0 Å². The van der Waals surface area contributed by atoms with Crippen molar-refractivity contribution < 1.29 is 4.74 Å². The first-order valence-corrected chi connectivity index (χ1v) is 12.9. The molecule has 1 atom stereocenters. The molecule has 2 aliphatic heterocycles. The van der Waals surface area contributed by atoms with Crippen molar-refractivity contribution in [2.75, 3.05) is 12.8 Å². The summed E-state index contributed by atoms with van der Waals surface area (Å²) in [5, 5.41) is 0. The van der Waals surface area contributed by atoms with Crippen LogP contribution in [0.3, 0.4) is 0 Å². The Morgan fingerprint density at radius 2 is 1.83 bits per heavy atom. The summed E-state index contributed by atoms with van der Waals surface area (Å²) < 4.78 is 8.23. The second-order valence-corrected chi connectivity index (χ2v) is 16.6. The maximum Gasteiger partial charge on any atom is 0.171 e. The average molecular weight is 285 g/mol. The molecule has 104 valence electrons. The van der Waals surface area contributed by atoms with Crippen molar-refractivity contribution >= 4 is 22.7 Å². The number of aliphatic imine (C=N–C) groups is 1. The van der Waals surface area contributed by atoms with Gasteiger partial charge in [0, 0.05) is 0 Å². The molecule has 1 saturated heterocycles. The van der Waals surface area contributed by atoms with Gasteiger partial charge in [-0.05, 0) is 23.9 Å². The van der Waals surface area contributed by atoms with Crippen LogP contribution >= 0.6 is 0 Å². The van der Waals surface area contributed by atoms with E-state index < -0.39 is 16.3 Å². The predicted octanol–water partition coefficient (Wildman–Crippen LogP) is 3.24. The van der Waals surface area contributed by atoms with Crippen LogP contribution in [0.5, 0.6) is 0 Å². The minimum absolute atomic E-state index is 0.351. The Morgan fingerprint density at radius 1 is 1.17 bits per heavy atom. The van der Waals surface area contributed by atoms with Crippen molar-refractivity contribution in [1.82, 2.24) is 4.57 Å². The standard InChI is InChI=1S/C13H28N2OSi2/c1-5-17(6-2)11-15(13-9-16-10-14-13)18(7-3,8-4)12-17/h10,13H,5-9,11-12H2,1-4H3. The summed E-state index contributed by atoms with van der Waals surface area (Å²) in [6.45, 7) is 10.5. The van der Waals surface area contributed by atoms with Gasteiger partial charge in [-0.3, -0.25) is 0 Å². The van der Waals surface area contributed by atoms with Crippen LogP contribution in [-0.4, -0.2) is 46.2 Å². The van der Waals surface area contributed by atoms with E-state index in [1.165, 1.54) is 30.3 Å². The summed E-state index contributed by atoms with van der Waals surface area (Å²) in [5.41, 5.74) is 1.60. The van der Waals surface area contributed by atoms with Crippen LogP contribution in [0.25, 0.3) is 0 Å². The van der Waals surface area contributed by atoms with Crippen LogP contribution in [0.15, 0.2) is 4.99 Å². The van der Waals surface area contributed by atoms with Gasteiger partial charge in [-0.25, -0.2) is 4.99 Å². The molecule has 0 spiro atoms. The van der Waals surface area contributed by atoms with Crippen molar-refractivity contribution in [1.29, 1.82) is 0 Å². The zero-order valence-corrected chi connectivity index (χ0v) is 14.4. The molecule has 1 fully saturated rings. The van der Waals surface area contributed by atoms with E-state index in [2.05, 4.69) is 37.3 Å². The van der Waals surface area contributed by atoms with Gasteiger partial charge >= 0.3 is 0 Å². The molecule has 0 aromatic heterocycles. The van der Waals surface area contributed by atoms with Crippen LogP contribution in [-0.2, 0) is 4.74 Å². The highest BCUT2D eigenvalue weighted by molar-refractivity contribution is 7.00. The molecule has 1 unspecified atom stereocenters. The lowest BCUT2D eigenvalue weighted by Crippen LogP contribution is -2.52. The highest BCUT2D eigenvalue weighted by Gasteiger charge is 2.54. The Morgan fingerprint density at radius 3 is 2.28 bits per heavy atom. The van der Waals surface area contributed by atoms with Gasteiger partial charge in [0.15, 0.2) is 6.40 Å². The summed E-state index contributed by atoms with van der Waals surface area (Å²) in [5.74, 6) is 0. The molecular weight excluding hydrogens is 256 g/mol. The second-order valence-electron chi connectivity index (χ2n) is 6.01. The Kier molecular flexibility index (Phi) is 4.34. The summed E-state index contributed by atoms with van der Waals surface area (Å²) in [6, 6.07) is 5.69. The van der Waals surface area contributed by atoms with Crippen LogP contribution in [0.2, 0.25) is 29.8 Å². The molecule has 18 heavy (non-hydrogen) atoms.